The van der Waals surface area contributed by atoms with Crippen LogP contribution >= 0.6 is 0 Å². The fourth-order valence-corrected chi connectivity index (χ4v) is 1.99. The number of anilines is 2. The number of hydrogen-bond acceptors (Lipinski definition) is 6. The Labute approximate surface area is 111 Å². The Balaban J connectivity index is 2.01. The Bertz CT molecular complexity index is 466. The summed E-state index contributed by atoms with van der Waals surface area (Å²) in [5.74, 6) is -0.734. The summed E-state index contributed by atoms with van der Waals surface area (Å²) >= 11 is 0. The molecule has 0 saturated carbocycles. The molecule has 1 aromatic heterocycles. The Morgan fingerprint density at radius 2 is 2.53 bits per heavy atom. The molecule has 1 saturated heterocycles. The van der Waals surface area contributed by atoms with E-state index >= 15 is 0 Å². The van der Waals surface area contributed by atoms with Gasteiger partial charge in [0, 0.05) is 19.6 Å². The lowest BCUT2D eigenvalue weighted by Crippen LogP contribution is -2.43. The van der Waals surface area contributed by atoms with Crippen LogP contribution in [0.1, 0.15) is 10.4 Å². The number of hydrogen-bond donors (Lipinski definition) is 3. The zero-order valence-electron chi connectivity index (χ0n) is 10.8. The SMILES string of the molecule is CN1CCOC(CNc2ncc(N)cc2C(=O)O)C1. The monoisotopic (exact) mass is 266 g/mol. The fourth-order valence-electron chi connectivity index (χ4n) is 1.99. The molecular formula is C12H18N4O3. The maximum atomic E-state index is 11.1. The second-order valence-electron chi connectivity index (χ2n) is 4.61. The highest BCUT2D eigenvalue weighted by Gasteiger charge is 2.19. The van der Waals surface area contributed by atoms with Crippen molar-refractivity contribution in [3.63, 3.8) is 0 Å². The number of carboxylic acid groups (broad SMARTS) is 1. The molecule has 1 atom stereocenters. The summed E-state index contributed by atoms with van der Waals surface area (Å²) in [5, 5.41) is 12.1. The standard InChI is InChI=1S/C12H18N4O3/c1-16-2-3-19-9(7-16)6-15-11-10(12(17)18)4-8(13)5-14-11/h4-5,9H,2-3,6-7,13H2,1H3,(H,14,15)(H,17,18). The number of rotatable bonds is 4. The average Bonchev–Trinajstić information content (AvgIpc) is 2.37. The molecule has 1 fully saturated rings. The van der Waals surface area contributed by atoms with Crippen LogP contribution < -0.4 is 11.1 Å². The molecule has 0 radical (unpaired) electrons. The molecule has 1 aliphatic heterocycles. The Morgan fingerprint density at radius 1 is 1.74 bits per heavy atom. The number of morpholine rings is 1. The van der Waals surface area contributed by atoms with Gasteiger partial charge >= 0.3 is 5.97 Å². The first-order chi connectivity index (χ1) is 9.06. The highest BCUT2D eigenvalue weighted by atomic mass is 16.5. The van der Waals surface area contributed by atoms with Crippen LogP contribution in [0.2, 0.25) is 0 Å². The molecule has 1 unspecified atom stereocenters. The van der Waals surface area contributed by atoms with Gasteiger partial charge in [0.1, 0.15) is 11.4 Å². The number of aromatic nitrogens is 1. The Morgan fingerprint density at radius 3 is 3.21 bits per heavy atom. The number of nitrogens with zero attached hydrogens (tertiary/aromatic N) is 2. The van der Waals surface area contributed by atoms with Crippen LogP contribution in [-0.4, -0.2) is 60.4 Å². The molecule has 104 valence electrons. The van der Waals surface area contributed by atoms with Gasteiger partial charge < -0.3 is 25.8 Å². The number of likely N-dealkylation sites (N-methyl/N-ethyl adjacent to an activating group) is 1. The number of carboxylic acids is 1. The van der Waals surface area contributed by atoms with E-state index in [0.29, 0.717) is 24.7 Å². The quantitative estimate of drug-likeness (QED) is 0.710. The second kappa shape index (κ2) is 5.85. The number of ether oxygens (including phenoxy) is 1. The van der Waals surface area contributed by atoms with E-state index in [4.69, 9.17) is 15.6 Å². The minimum absolute atomic E-state index is 0.0275. The summed E-state index contributed by atoms with van der Waals surface area (Å²) in [5.41, 5.74) is 5.94. The largest absolute Gasteiger partial charge is 0.478 e. The molecule has 0 bridgehead atoms. The van der Waals surface area contributed by atoms with Crippen LogP contribution in [0.25, 0.3) is 0 Å². The zero-order chi connectivity index (χ0) is 13.8. The van der Waals surface area contributed by atoms with Crippen LogP contribution in [0.4, 0.5) is 11.5 Å². The van der Waals surface area contributed by atoms with E-state index in [1.54, 1.807) is 0 Å². The molecule has 1 aromatic rings. The Hall–Kier alpha value is -1.86. The molecule has 1 aliphatic rings. The average molecular weight is 266 g/mol. The summed E-state index contributed by atoms with van der Waals surface area (Å²) < 4.78 is 5.59. The van der Waals surface area contributed by atoms with Gasteiger partial charge in [0.25, 0.3) is 0 Å². The summed E-state index contributed by atoms with van der Waals surface area (Å²) in [7, 11) is 2.03. The maximum Gasteiger partial charge on any atom is 0.339 e. The molecule has 2 heterocycles. The first-order valence-electron chi connectivity index (χ1n) is 6.09. The number of aromatic carboxylic acids is 1. The van der Waals surface area contributed by atoms with Gasteiger partial charge in [0.05, 0.1) is 24.6 Å². The van der Waals surface area contributed by atoms with Crippen LogP contribution in [0.5, 0.6) is 0 Å². The summed E-state index contributed by atoms with van der Waals surface area (Å²) in [6.07, 6.45) is 1.46. The first kappa shape index (κ1) is 13.6. The number of pyridine rings is 1. The van der Waals surface area contributed by atoms with Crippen LogP contribution in [0.15, 0.2) is 12.3 Å². The fraction of sp³-hybridized carbons (Fsp3) is 0.500. The van der Waals surface area contributed by atoms with E-state index in [-0.39, 0.29) is 11.7 Å². The third kappa shape index (κ3) is 3.55. The van der Waals surface area contributed by atoms with Gasteiger partial charge in [0.15, 0.2) is 0 Å². The third-order valence-electron chi connectivity index (χ3n) is 2.98. The van der Waals surface area contributed by atoms with Gasteiger partial charge in [-0.15, -0.1) is 0 Å². The molecule has 19 heavy (non-hydrogen) atoms. The molecule has 7 heteroatoms. The molecular weight excluding hydrogens is 248 g/mol. The smallest absolute Gasteiger partial charge is 0.339 e. The lowest BCUT2D eigenvalue weighted by Gasteiger charge is -2.30. The predicted octanol–water partition coefficient (Wildman–Crippen LogP) is 0.105. The van der Waals surface area contributed by atoms with Crippen LogP contribution in [0.3, 0.4) is 0 Å². The molecule has 4 N–H and O–H groups in total. The number of nitrogens with one attached hydrogen (secondary N) is 1. The van der Waals surface area contributed by atoms with E-state index in [2.05, 4.69) is 15.2 Å². The van der Waals surface area contributed by atoms with Crippen LogP contribution in [-0.2, 0) is 4.74 Å². The maximum absolute atomic E-state index is 11.1. The molecule has 0 amide bonds. The van der Waals surface area contributed by atoms with Gasteiger partial charge in [-0.05, 0) is 13.1 Å². The van der Waals surface area contributed by atoms with Crippen molar-refractivity contribution in [3.8, 4) is 0 Å². The van der Waals surface area contributed by atoms with Crippen molar-refractivity contribution in [2.75, 3.05) is 44.3 Å². The third-order valence-corrected chi connectivity index (χ3v) is 2.98. The van der Waals surface area contributed by atoms with Crippen molar-refractivity contribution in [3.05, 3.63) is 17.8 Å². The van der Waals surface area contributed by atoms with Gasteiger partial charge in [-0.2, -0.15) is 0 Å². The number of nitrogen functional groups attached to an aromatic ring is 1. The minimum Gasteiger partial charge on any atom is -0.478 e. The highest BCUT2D eigenvalue weighted by molar-refractivity contribution is 5.94. The summed E-state index contributed by atoms with van der Waals surface area (Å²) in [4.78, 5) is 17.3. The molecule has 0 spiro atoms. The predicted molar refractivity (Wildman–Crippen MR) is 71.3 cm³/mol. The van der Waals surface area contributed by atoms with Gasteiger partial charge in [0.2, 0.25) is 0 Å². The summed E-state index contributed by atoms with van der Waals surface area (Å²) in [6, 6.07) is 1.39. The van der Waals surface area contributed by atoms with Crippen molar-refractivity contribution >= 4 is 17.5 Å². The first-order valence-corrected chi connectivity index (χ1v) is 6.09. The molecule has 2 rings (SSSR count). The highest BCUT2D eigenvalue weighted by Crippen LogP contribution is 2.16. The zero-order valence-corrected chi connectivity index (χ0v) is 10.8. The van der Waals surface area contributed by atoms with E-state index in [1.165, 1.54) is 12.3 Å². The molecule has 0 aliphatic carbocycles. The second-order valence-corrected chi connectivity index (χ2v) is 4.61. The number of carbonyl (C=O) groups is 1. The number of nitrogens with two attached hydrogens (primary N) is 1. The lowest BCUT2D eigenvalue weighted by atomic mass is 10.2. The van der Waals surface area contributed by atoms with E-state index in [9.17, 15) is 4.79 Å². The molecule has 7 nitrogen and oxygen atoms in total. The van der Waals surface area contributed by atoms with Gasteiger partial charge in [-0.1, -0.05) is 0 Å². The van der Waals surface area contributed by atoms with Crippen molar-refractivity contribution in [1.82, 2.24) is 9.88 Å². The van der Waals surface area contributed by atoms with E-state index < -0.39 is 5.97 Å². The minimum atomic E-state index is -1.05. The normalized spacial score (nSPS) is 20.2. The van der Waals surface area contributed by atoms with Crippen LogP contribution in [0, 0.1) is 0 Å². The summed E-state index contributed by atoms with van der Waals surface area (Å²) in [6.45, 7) is 2.92. The van der Waals surface area contributed by atoms with Crippen molar-refractivity contribution in [2.45, 2.75) is 6.10 Å². The lowest BCUT2D eigenvalue weighted by molar-refractivity contribution is -0.0117. The van der Waals surface area contributed by atoms with Crippen molar-refractivity contribution in [2.24, 2.45) is 0 Å². The Kier molecular flexibility index (Phi) is 4.18. The topological polar surface area (TPSA) is 101 Å². The van der Waals surface area contributed by atoms with E-state index in [0.717, 1.165) is 13.1 Å². The van der Waals surface area contributed by atoms with Gasteiger partial charge in [-0.25, -0.2) is 9.78 Å². The van der Waals surface area contributed by atoms with Crippen molar-refractivity contribution < 1.29 is 14.6 Å². The van der Waals surface area contributed by atoms with Crippen molar-refractivity contribution in [1.29, 1.82) is 0 Å². The van der Waals surface area contributed by atoms with E-state index in [1.807, 2.05) is 7.05 Å². The van der Waals surface area contributed by atoms with Gasteiger partial charge in [-0.3, -0.25) is 0 Å². The molecule has 0 aromatic carbocycles.